The van der Waals surface area contributed by atoms with Gasteiger partial charge in [-0.3, -0.25) is 9.59 Å². The van der Waals surface area contributed by atoms with E-state index in [1.807, 2.05) is 55.5 Å². The highest BCUT2D eigenvalue weighted by Gasteiger charge is 2.18. The number of anilines is 2. The molecule has 5 heteroatoms. The second-order valence-corrected chi connectivity index (χ2v) is 8.24. The maximum atomic E-state index is 12.2. The summed E-state index contributed by atoms with van der Waals surface area (Å²) in [4.78, 5) is 24.2. The first-order chi connectivity index (χ1) is 12.3. The van der Waals surface area contributed by atoms with Crippen LogP contribution in [0.3, 0.4) is 0 Å². The summed E-state index contributed by atoms with van der Waals surface area (Å²) >= 11 is 1.30. The molecule has 0 aliphatic rings. The number of para-hydroxylation sites is 1. The SMILES string of the molecule is Cc1ccc(NC(=O)CSCC(=O)Nc2ccccc2C(C)(C)C)cc1. The fourth-order valence-electron chi connectivity index (χ4n) is 2.50. The Morgan fingerprint density at radius 3 is 2.08 bits per heavy atom. The molecular weight excluding hydrogens is 344 g/mol. The molecule has 2 aromatic carbocycles. The first-order valence-corrected chi connectivity index (χ1v) is 9.75. The van der Waals surface area contributed by atoms with Crippen LogP contribution in [0.4, 0.5) is 11.4 Å². The number of carbonyl (C=O) groups excluding carboxylic acids is 2. The molecule has 0 aliphatic carbocycles. The van der Waals surface area contributed by atoms with Gasteiger partial charge >= 0.3 is 0 Å². The molecule has 4 nitrogen and oxygen atoms in total. The van der Waals surface area contributed by atoms with Crippen LogP contribution in [-0.4, -0.2) is 23.3 Å². The van der Waals surface area contributed by atoms with Crippen molar-refractivity contribution < 1.29 is 9.59 Å². The van der Waals surface area contributed by atoms with Crippen molar-refractivity contribution in [2.45, 2.75) is 33.1 Å². The minimum atomic E-state index is -0.109. The molecule has 2 amide bonds. The van der Waals surface area contributed by atoms with Crippen LogP contribution >= 0.6 is 11.8 Å². The van der Waals surface area contributed by atoms with Crippen LogP contribution in [0.15, 0.2) is 48.5 Å². The van der Waals surface area contributed by atoms with Crippen LogP contribution in [-0.2, 0) is 15.0 Å². The van der Waals surface area contributed by atoms with Gasteiger partial charge in [-0.05, 0) is 36.1 Å². The van der Waals surface area contributed by atoms with E-state index in [0.717, 1.165) is 22.5 Å². The smallest absolute Gasteiger partial charge is 0.234 e. The minimum Gasteiger partial charge on any atom is -0.325 e. The van der Waals surface area contributed by atoms with Gasteiger partial charge in [-0.15, -0.1) is 11.8 Å². The zero-order chi connectivity index (χ0) is 19.2. The maximum absolute atomic E-state index is 12.2. The van der Waals surface area contributed by atoms with Crippen LogP contribution < -0.4 is 10.6 Å². The number of carbonyl (C=O) groups is 2. The average molecular weight is 371 g/mol. The lowest BCUT2D eigenvalue weighted by atomic mass is 9.86. The predicted octanol–water partition coefficient (Wildman–Crippen LogP) is 4.60. The van der Waals surface area contributed by atoms with Gasteiger partial charge in [-0.1, -0.05) is 56.7 Å². The van der Waals surface area contributed by atoms with Crippen molar-refractivity contribution in [1.82, 2.24) is 0 Å². The Labute approximate surface area is 159 Å². The lowest BCUT2D eigenvalue weighted by molar-refractivity contribution is -0.114. The number of hydrogen-bond acceptors (Lipinski definition) is 3. The third kappa shape index (κ3) is 6.23. The summed E-state index contributed by atoms with van der Waals surface area (Å²) in [6, 6.07) is 15.5. The standard InChI is InChI=1S/C21H26N2O2S/c1-15-9-11-16(12-10-15)22-19(24)13-26-14-20(25)23-18-8-6-5-7-17(18)21(2,3)4/h5-12H,13-14H2,1-4H3,(H,22,24)(H,23,25). The van der Waals surface area contributed by atoms with Gasteiger partial charge in [0.1, 0.15) is 0 Å². The fourth-order valence-corrected chi connectivity index (χ4v) is 3.12. The van der Waals surface area contributed by atoms with E-state index in [2.05, 4.69) is 31.4 Å². The first-order valence-electron chi connectivity index (χ1n) is 8.59. The molecule has 26 heavy (non-hydrogen) atoms. The largest absolute Gasteiger partial charge is 0.325 e. The molecule has 2 rings (SSSR count). The van der Waals surface area contributed by atoms with Crippen LogP contribution in [0.1, 0.15) is 31.9 Å². The topological polar surface area (TPSA) is 58.2 Å². The average Bonchev–Trinajstić information content (AvgIpc) is 2.56. The molecule has 0 fully saturated rings. The van der Waals surface area contributed by atoms with E-state index in [4.69, 9.17) is 0 Å². The second-order valence-electron chi connectivity index (χ2n) is 7.25. The van der Waals surface area contributed by atoms with Gasteiger partial charge in [0, 0.05) is 11.4 Å². The second kappa shape index (κ2) is 8.90. The van der Waals surface area contributed by atoms with Crippen LogP contribution in [0.2, 0.25) is 0 Å². The van der Waals surface area contributed by atoms with Gasteiger partial charge in [-0.2, -0.15) is 0 Å². The third-order valence-electron chi connectivity index (χ3n) is 3.81. The van der Waals surface area contributed by atoms with Crippen molar-refractivity contribution in [3.05, 3.63) is 59.7 Å². The van der Waals surface area contributed by atoms with E-state index < -0.39 is 0 Å². The Hall–Kier alpha value is -2.27. The Morgan fingerprint density at radius 2 is 1.46 bits per heavy atom. The summed E-state index contributed by atoms with van der Waals surface area (Å²) in [5.74, 6) is 0.263. The third-order valence-corrected chi connectivity index (χ3v) is 4.74. The molecule has 2 aromatic rings. The molecule has 0 heterocycles. The molecular formula is C21H26N2O2S. The summed E-state index contributed by atoms with van der Waals surface area (Å²) in [5, 5.41) is 5.79. The van der Waals surface area contributed by atoms with Crippen molar-refractivity contribution in [3.63, 3.8) is 0 Å². The number of nitrogens with one attached hydrogen (secondary N) is 2. The van der Waals surface area contributed by atoms with Crippen molar-refractivity contribution >= 4 is 35.0 Å². The first kappa shape index (κ1) is 20.0. The van der Waals surface area contributed by atoms with Gasteiger partial charge in [0.25, 0.3) is 0 Å². The van der Waals surface area contributed by atoms with E-state index in [-0.39, 0.29) is 28.7 Å². The zero-order valence-corrected chi connectivity index (χ0v) is 16.6. The van der Waals surface area contributed by atoms with E-state index >= 15 is 0 Å². The van der Waals surface area contributed by atoms with E-state index in [0.29, 0.717) is 0 Å². The monoisotopic (exact) mass is 370 g/mol. The number of thioether (sulfide) groups is 1. The number of benzene rings is 2. The summed E-state index contributed by atoms with van der Waals surface area (Å²) in [6.07, 6.45) is 0. The Bertz CT molecular complexity index is 764. The summed E-state index contributed by atoms with van der Waals surface area (Å²) in [7, 11) is 0. The summed E-state index contributed by atoms with van der Waals surface area (Å²) < 4.78 is 0. The molecule has 0 saturated carbocycles. The summed E-state index contributed by atoms with van der Waals surface area (Å²) in [5.41, 5.74) is 3.78. The highest BCUT2D eigenvalue weighted by molar-refractivity contribution is 8.00. The van der Waals surface area contributed by atoms with Crippen LogP contribution in [0.5, 0.6) is 0 Å². The molecule has 2 N–H and O–H groups in total. The molecule has 0 spiro atoms. The quantitative estimate of drug-likeness (QED) is 0.781. The van der Waals surface area contributed by atoms with E-state index in [9.17, 15) is 9.59 Å². The minimum absolute atomic E-state index is 0.0507. The normalized spacial score (nSPS) is 11.1. The van der Waals surface area contributed by atoms with Crippen molar-refractivity contribution in [2.75, 3.05) is 22.1 Å². The lowest BCUT2D eigenvalue weighted by Gasteiger charge is -2.22. The molecule has 0 saturated heterocycles. The van der Waals surface area contributed by atoms with E-state index in [1.165, 1.54) is 11.8 Å². The number of aryl methyl sites for hydroxylation is 1. The van der Waals surface area contributed by atoms with Crippen molar-refractivity contribution in [3.8, 4) is 0 Å². The molecule has 0 aromatic heterocycles. The maximum Gasteiger partial charge on any atom is 0.234 e. The molecule has 0 bridgehead atoms. The number of rotatable bonds is 6. The van der Waals surface area contributed by atoms with Crippen molar-refractivity contribution in [1.29, 1.82) is 0 Å². The van der Waals surface area contributed by atoms with E-state index in [1.54, 1.807) is 0 Å². The van der Waals surface area contributed by atoms with Gasteiger partial charge in [0.15, 0.2) is 0 Å². The summed E-state index contributed by atoms with van der Waals surface area (Å²) in [6.45, 7) is 8.34. The highest BCUT2D eigenvalue weighted by Crippen LogP contribution is 2.29. The molecule has 0 atom stereocenters. The Balaban J connectivity index is 1.81. The molecule has 138 valence electrons. The number of amides is 2. The fraction of sp³-hybridized carbons (Fsp3) is 0.333. The van der Waals surface area contributed by atoms with Gasteiger partial charge in [0.05, 0.1) is 11.5 Å². The predicted molar refractivity (Wildman–Crippen MR) is 111 cm³/mol. The number of hydrogen-bond donors (Lipinski definition) is 2. The van der Waals surface area contributed by atoms with Crippen LogP contribution in [0, 0.1) is 6.92 Å². The lowest BCUT2D eigenvalue weighted by Crippen LogP contribution is -2.21. The van der Waals surface area contributed by atoms with Crippen LogP contribution in [0.25, 0.3) is 0 Å². The van der Waals surface area contributed by atoms with Gasteiger partial charge < -0.3 is 10.6 Å². The molecule has 0 radical (unpaired) electrons. The van der Waals surface area contributed by atoms with Crippen molar-refractivity contribution in [2.24, 2.45) is 0 Å². The molecule has 0 aliphatic heterocycles. The Morgan fingerprint density at radius 1 is 0.885 bits per heavy atom. The zero-order valence-electron chi connectivity index (χ0n) is 15.8. The molecule has 0 unspecified atom stereocenters. The highest BCUT2D eigenvalue weighted by atomic mass is 32.2. The van der Waals surface area contributed by atoms with Gasteiger partial charge in [0.2, 0.25) is 11.8 Å². The Kier molecular flexibility index (Phi) is 6.86. The van der Waals surface area contributed by atoms with Gasteiger partial charge in [-0.25, -0.2) is 0 Å².